The standard InChI is InChI=1S/C10H8N2O2/c1-7-11-5-8-2-3-9(14-6-13)4-10(8)12-7/h2-6H,1H3. The topological polar surface area (TPSA) is 52.1 Å². The normalized spacial score (nSPS) is 10.1. The van der Waals surface area contributed by atoms with Crippen molar-refractivity contribution >= 4 is 17.4 Å². The lowest BCUT2D eigenvalue weighted by Gasteiger charge is -2.00. The molecule has 1 aromatic carbocycles. The molecule has 14 heavy (non-hydrogen) atoms. The second-order valence-electron chi connectivity index (χ2n) is 2.85. The van der Waals surface area contributed by atoms with Crippen molar-refractivity contribution in [2.75, 3.05) is 0 Å². The minimum Gasteiger partial charge on any atom is -0.429 e. The number of carbonyl (C=O) groups excluding carboxylic acids is 1. The van der Waals surface area contributed by atoms with E-state index in [0.29, 0.717) is 18.0 Å². The molecule has 70 valence electrons. The van der Waals surface area contributed by atoms with E-state index in [9.17, 15) is 4.79 Å². The molecule has 0 radical (unpaired) electrons. The van der Waals surface area contributed by atoms with Crippen molar-refractivity contribution in [1.82, 2.24) is 9.97 Å². The summed E-state index contributed by atoms with van der Waals surface area (Å²) >= 11 is 0. The number of benzene rings is 1. The number of fused-ring (bicyclic) bond motifs is 1. The van der Waals surface area contributed by atoms with Crippen LogP contribution in [0.2, 0.25) is 0 Å². The molecule has 2 rings (SSSR count). The summed E-state index contributed by atoms with van der Waals surface area (Å²) in [6.45, 7) is 2.21. The Kier molecular flexibility index (Phi) is 2.10. The molecule has 0 saturated heterocycles. The van der Waals surface area contributed by atoms with Crippen LogP contribution < -0.4 is 4.74 Å². The molecule has 0 amide bonds. The largest absolute Gasteiger partial charge is 0.429 e. The van der Waals surface area contributed by atoms with E-state index in [-0.39, 0.29) is 0 Å². The highest BCUT2D eigenvalue weighted by atomic mass is 16.5. The Morgan fingerprint density at radius 3 is 3.07 bits per heavy atom. The van der Waals surface area contributed by atoms with Crippen LogP contribution in [-0.2, 0) is 4.79 Å². The van der Waals surface area contributed by atoms with Gasteiger partial charge >= 0.3 is 0 Å². The molecule has 2 aromatic rings. The summed E-state index contributed by atoms with van der Waals surface area (Å²) in [5.41, 5.74) is 0.775. The Morgan fingerprint density at radius 1 is 1.43 bits per heavy atom. The zero-order valence-electron chi connectivity index (χ0n) is 7.60. The van der Waals surface area contributed by atoms with Gasteiger partial charge in [-0.1, -0.05) is 0 Å². The van der Waals surface area contributed by atoms with E-state index >= 15 is 0 Å². The first-order valence-electron chi connectivity index (χ1n) is 4.13. The molecule has 1 heterocycles. The van der Waals surface area contributed by atoms with Gasteiger partial charge in [0, 0.05) is 17.6 Å². The van der Waals surface area contributed by atoms with Crippen LogP contribution in [0.5, 0.6) is 5.75 Å². The van der Waals surface area contributed by atoms with Gasteiger partial charge in [-0.05, 0) is 19.1 Å². The Labute approximate surface area is 80.6 Å². The van der Waals surface area contributed by atoms with Gasteiger partial charge in [-0.3, -0.25) is 4.79 Å². The van der Waals surface area contributed by atoms with E-state index in [1.54, 1.807) is 18.3 Å². The summed E-state index contributed by atoms with van der Waals surface area (Å²) in [5.74, 6) is 1.19. The van der Waals surface area contributed by atoms with Gasteiger partial charge in [0.2, 0.25) is 0 Å². The summed E-state index contributed by atoms with van der Waals surface area (Å²) in [6, 6.07) is 5.22. The van der Waals surface area contributed by atoms with E-state index in [2.05, 4.69) is 9.97 Å². The molecule has 0 unspecified atom stereocenters. The second kappa shape index (κ2) is 3.41. The van der Waals surface area contributed by atoms with Crippen molar-refractivity contribution in [1.29, 1.82) is 0 Å². The second-order valence-corrected chi connectivity index (χ2v) is 2.85. The van der Waals surface area contributed by atoms with E-state index < -0.39 is 0 Å². The van der Waals surface area contributed by atoms with Gasteiger partial charge in [-0.15, -0.1) is 0 Å². The van der Waals surface area contributed by atoms with Crippen molar-refractivity contribution in [2.45, 2.75) is 6.92 Å². The molecule has 4 heteroatoms. The predicted molar refractivity (Wildman–Crippen MR) is 51.0 cm³/mol. The highest BCUT2D eigenvalue weighted by Crippen LogP contribution is 2.17. The van der Waals surface area contributed by atoms with E-state index in [1.807, 2.05) is 13.0 Å². The van der Waals surface area contributed by atoms with Crippen LogP contribution in [0.1, 0.15) is 5.82 Å². The van der Waals surface area contributed by atoms with E-state index in [4.69, 9.17) is 4.74 Å². The number of nitrogens with zero attached hydrogens (tertiary/aromatic N) is 2. The summed E-state index contributed by atoms with van der Waals surface area (Å²) < 4.78 is 4.71. The lowest BCUT2D eigenvalue weighted by atomic mass is 10.2. The van der Waals surface area contributed by atoms with Crippen molar-refractivity contribution in [3.63, 3.8) is 0 Å². The number of aromatic nitrogens is 2. The van der Waals surface area contributed by atoms with Crippen molar-refractivity contribution in [2.24, 2.45) is 0 Å². The van der Waals surface area contributed by atoms with Crippen LogP contribution in [0.25, 0.3) is 10.9 Å². The van der Waals surface area contributed by atoms with Gasteiger partial charge < -0.3 is 4.74 Å². The third-order valence-corrected chi connectivity index (χ3v) is 1.86. The fourth-order valence-corrected chi connectivity index (χ4v) is 1.22. The minimum atomic E-state index is 0.398. The Hall–Kier alpha value is -1.97. The van der Waals surface area contributed by atoms with Gasteiger partial charge in [0.25, 0.3) is 6.47 Å². The first kappa shape index (κ1) is 8.62. The summed E-state index contributed by atoms with van der Waals surface area (Å²) in [6.07, 6.45) is 1.74. The molecular formula is C10H8N2O2. The van der Waals surface area contributed by atoms with Gasteiger partial charge in [-0.2, -0.15) is 0 Å². The number of hydrogen-bond donors (Lipinski definition) is 0. The SMILES string of the molecule is Cc1ncc2ccc(OC=O)cc2n1. The van der Waals surface area contributed by atoms with Crippen LogP contribution in [0.3, 0.4) is 0 Å². The van der Waals surface area contributed by atoms with Gasteiger partial charge in [0.15, 0.2) is 0 Å². The highest BCUT2D eigenvalue weighted by molar-refractivity contribution is 5.79. The van der Waals surface area contributed by atoms with Crippen LogP contribution in [0.4, 0.5) is 0 Å². The fourth-order valence-electron chi connectivity index (χ4n) is 1.22. The average Bonchev–Trinajstić information content (AvgIpc) is 2.17. The number of hydrogen-bond acceptors (Lipinski definition) is 4. The molecule has 0 atom stereocenters. The van der Waals surface area contributed by atoms with Crippen LogP contribution in [0.15, 0.2) is 24.4 Å². The molecule has 0 bridgehead atoms. The predicted octanol–water partition coefficient (Wildman–Crippen LogP) is 1.47. The minimum absolute atomic E-state index is 0.398. The first-order valence-corrected chi connectivity index (χ1v) is 4.13. The smallest absolute Gasteiger partial charge is 0.298 e. The number of rotatable bonds is 2. The molecule has 0 N–H and O–H groups in total. The molecule has 4 nitrogen and oxygen atoms in total. The highest BCUT2D eigenvalue weighted by Gasteiger charge is 1.99. The zero-order valence-corrected chi connectivity index (χ0v) is 7.60. The first-order chi connectivity index (χ1) is 6.79. The monoisotopic (exact) mass is 188 g/mol. The molecule has 0 spiro atoms. The molecule has 1 aromatic heterocycles. The maximum Gasteiger partial charge on any atom is 0.298 e. The molecule has 0 fully saturated rings. The molecule has 0 aliphatic rings. The summed E-state index contributed by atoms with van der Waals surface area (Å²) in [4.78, 5) is 18.4. The molecule has 0 saturated carbocycles. The summed E-state index contributed by atoms with van der Waals surface area (Å²) in [7, 11) is 0. The van der Waals surface area contributed by atoms with Crippen molar-refractivity contribution < 1.29 is 9.53 Å². The van der Waals surface area contributed by atoms with Crippen molar-refractivity contribution in [3.05, 3.63) is 30.2 Å². The Bertz CT molecular complexity index is 483. The molecule has 0 aliphatic carbocycles. The maximum absolute atomic E-state index is 10.1. The van der Waals surface area contributed by atoms with Crippen LogP contribution in [0, 0.1) is 6.92 Å². The van der Waals surface area contributed by atoms with Gasteiger partial charge in [0.05, 0.1) is 5.52 Å². The van der Waals surface area contributed by atoms with Crippen LogP contribution in [-0.4, -0.2) is 16.4 Å². The fraction of sp³-hybridized carbons (Fsp3) is 0.100. The Balaban J connectivity index is 2.57. The number of ether oxygens (including phenoxy) is 1. The lowest BCUT2D eigenvalue weighted by Crippen LogP contribution is -1.91. The third kappa shape index (κ3) is 1.54. The number of aryl methyl sites for hydroxylation is 1. The van der Waals surface area contributed by atoms with E-state index in [0.717, 1.165) is 10.9 Å². The lowest BCUT2D eigenvalue weighted by molar-refractivity contribution is -0.120. The zero-order chi connectivity index (χ0) is 9.97. The van der Waals surface area contributed by atoms with Crippen molar-refractivity contribution in [3.8, 4) is 5.75 Å². The van der Waals surface area contributed by atoms with Gasteiger partial charge in [-0.25, -0.2) is 9.97 Å². The molecule has 0 aliphatic heterocycles. The third-order valence-electron chi connectivity index (χ3n) is 1.86. The quantitative estimate of drug-likeness (QED) is 0.670. The molecular weight excluding hydrogens is 180 g/mol. The summed E-state index contributed by atoms with van der Waals surface area (Å²) in [5, 5.41) is 0.925. The van der Waals surface area contributed by atoms with Gasteiger partial charge in [0.1, 0.15) is 11.6 Å². The average molecular weight is 188 g/mol. The van der Waals surface area contributed by atoms with E-state index in [1.165, 1.54) is 0 Å². The maximum atomic E-state index is 10.1. The number of carbonyl (C=O) groups is 1. The Morgan fingerprint density at radius 2 is 2.29 bits per heavy atom. The van der Waals surface area contributed by atoms with Crippen LogP contribution >= 0.6 is 0 Å².